The molecule has 0 spiro atoms. The average Bonchev–Trinajstić information content (AvgIpc) is 2.87. The monoisotopic (exact) mass is 606 g/mol. The molecule has 0 rings (SSSR count). The molecule has 4 N–H and O–H groups in total. The van der Waals surface area contributed by atoms with Gasteiger partial charge in [-0.15, -0.1) is 17.0 Å². The summed E-state index contributed by atoms with van der Waals surface area (Å²) in [5.74, 6) is -1.89. The average molecular weight is 608 g/mol. The van der Waals surface area contributed by atoms with Crippen LogP contribution in [0.3, 0.4) is 0 Å². The van der Waals surface area contributed by atoms with E-state index in [-0.39, 0.29) is 17.0 Å². The lowest BCUT2D eigenvalue weighted by Gasteiger charge is -2.43. The van der Waals surface area contributed by atoms with Crippen molar-refractivity contribution in [1.82, 2.24) is 0 Å². The molecule has 6 heteroatoms. The molecule has 0 bridgehead atoms. The van der Waals surface area contributed by atoms with Crippen LogP contribution in [0.2, 0.25) is 0 Å². The van der Waals surface area contributed by atoms with Gasteiger partial charge in [-0.3, -0.25) is 4.79 Å². The van der Waals surface area contributed by atoms with E-state index in [0.717, 1.165) is 38.5 Å². The SMILES string of the molecule is Br.CCCCCCCCCCCCOC(OCCCCCCCCCCCC)(C(N)=O)C(C)(C)CCCN. The largest absolute Gasteiger partial charge is 0.365 e. The molecule has 0 aromatic carbocycles. The topological polar surface area (TPSA) is 87.6 Å². The minimum absolute atomic E-state index is 0. The van der Waals surface area contributed by atoms with Crippen LogP contribution in [0.4, 0.5) is 0 Å². The van der Waals surface area contributed by atoms with Crippen molar-refractivity contribution in [3.8, 4) is 0 Å². The lowest BCUT2D eigenvalue weighted by Crippen LogP contribution is -2.59. The molecule has 230 valence electrons. The number of carbonyl (C=O) groups excluding carboxylic acids is 1. The van der Waals surface area contributed by atoms with Gasteiger partial charge < -0.3 is 20.9 Å². The second-order valence-corrected chi connectivity index (χ2v) is 11.8. The molecule has 0 aliphatic heterocycles. The number of primary amides is 1. The van der Waals surface area contributed by atoms with Crippen LogP contribution in [0.5, 0.6) is 0 Å². The highest BCUT2D eigenvalue weighted by Gasteiger charge is 2.52. The third-order valence-corrected chi connectivity index (χ3v) is 7.83. The second kappa shape index (κ2) is 27.0. The molecule has 0 heterocycles. The van der Waals surface area contributed by atoms with E-state index in [2.05, 4.69) is 13.8 Å². The number of carbonyl (C=O) groups is 1. The Morgan fingerprint density at radius 1 is 0.579 bits per heavy atom. The normalized spacial score (nSPS) is 12.0. The van der Waals surface area contributed by atoms with Gasteiger partial charge in [-0.25, -0.2) is 0 Å². The van der Waals surface area contributed by atoms with Crippen LogP contribution < -0.4 is 11.5 Å². The third kappa shape index (κ3) is 19.0. The van der Waals surface area contributed by atoms with Crippen molar-refractivity contribution in [2.24, 2.45) is 16.9 Å². The van der Waals surface area contributed by atoms with Gasteiger partial charge in [0.2, 0.25) is 0 Å². The fourth-order valence-corrected chi connectivity index (χ4v) is 5.23. The molecule has 1 amide bonds. The van der Waals surface area contributed by atoms with Crippen LogP contribution >= 0.6 is 17.0 Å². The van der Waals surface area contributed by atoms with Gasteiger partial charge in [0.05, 0.1) is 13.2 Å². The predicted molar refractivity (Wildman–Crippen MR) is 170 cm³/mol. The molecule has 0 aliphatic carbocycles. The van der Waals surface area contributed by atoms with Gasteiger partial charge in [0.25, 0.3) is 11.7 Å². The fourth-order valence-electron chi connectivity index (χ4n) is 5.23. The van der Waals surface area contributed by atoms with Crippen molar-refractivity contribution in [2.45, 2.75) is 175 Å². The van der Waals surface area contributed by atoms with Gasteiger partial charge in [-0.05, 0) is 32.2 Å². The highest BCUT2D eigenvalue weighted by Crippen LogP contribution is 2.40. The summed E-state index contributed by atoms with van der Waals surface area (Å²) >= 11 is 0. The number of nitrogens with two attached hydrogens (primary N) is 2. The highest BCUT2D eigenvalue weighted by atomic mass is 79.9. The van der Waals surface area contributed by atoms with Gasteiger partial charge in [-0.2, -0.15) is 0 Å². The highest BCUT2D eigenvalue weighted by molar-refractivity contribution is 8.93. The first-order valence-corrected chi connectivity index (χ1v) is 16.2. The molecule has 0 unspecified atom stereocenters. The number of rotatable bonds is 29. The number of hydrogen-bond donors (Lipinski definition) is 2. The molecule has 0 aromatic rings. The molecule has 0 saturated heterocycles. The van der Waals surface area contributed by atoms with E-state index >= 15 is 0 Å². The molecule has 0 radical (unpaired) electrons. The molecule has 0 saturated carbocycles. The predicted octanol–water partition coefficient (Wildman–Crippen LogP) is 9.39. The first kappa shape index (κ1) is 40.0. The van der Waals surface area contributed by atoms with Crippen LogP contribution in [0, 0.1) is 5.41 Å². The Labute approximate surface area is 248 Å². The number of ether oxygens (including phenoxy) is 2. The lowest BCUT2D eigenvalue weighted by molar-refractivity contribution is -0.276. The van der Waals surface area contributed by atoms with Crippen LogP contribution in [-0.4, -0.2) is 31.5 Å². The number of unbranched alkanes of at least 4 members (excludes halogenated alkanes) is 18. The van der Waals surface area contributed by atoms with E-state index < -0.39 is 17.1 Å². The molecule has 0 atom stereocenters. The summed E-state index contributed by atoms with van der Waals surface area (Å²) < 4.78 is 12.6. The van der Waals surface area contributed by atoms with Crippen molar-refractivity contribution >= 4 is 22.9 Å². The molecule has 0 aliphatic rings. The Morgan fingerprint density at radius 2 is 0.895 bits per heavy atom. The van der Waals surface area contributed by atoms with E-state index in [4.69, 9.17) is 20.9 Å². The van der Waals surface area contributed by atoms with E-state index in [1.807, 2.05) is 13.8 Å². The zero-order valence-corrected chi connectivity index (χ0v) is 27.7. The third-order valence-electron chi connectivity index (χ3n) is 7.83. The van der Waals surface area contributed by atoms with E-state index in [1.165, 1.54) is 103 Å². The van der Waals surface area contributed by atoms with Crippen molar-refractivity contribution < 1.29 is 14.3 Å². The van der Waals surface area contributed by atoms with Gasteiger partial charge in [0, 0.05) is 5.41 Å². The van der Waals surface area contributed by atoms with Crippen LogP contribution in [-0.2, 0) is 14.3 Å². The molecule has 0 fully saturated rings. The van der Waals surface area contributed by atoms with E-state index in [0.29, 0.717) is 19.8 Å². The maximum atomic E-state index is 12.8. The van der Waals surface area contributed by atoms with E-state index in [9.17, 15) is 4.79 Å². The molecule has 5 nitrogen and oxygen atoms in total. The summed E-state index contributed by atoms with van der Waals surface area (Å²) in [6.07, 6.45) is 26.8. The van der Waals surface area contributed by atoms with Crippen LogP contribution in [0.1, 0.15) is 169 Å². The van der Waals surface area contributed by atoms with Gasteiger partial charge in [-0.1, -0.05) is 143 Å². The van der Waals surface area contributed by atoms with Gasteiger partial charge in [0.15, 0.2) is 0 Å². The zero-order valence-electron chi connectivity index (χ0n) is 26.0. The maximum absolute atomic E-state index is 12.8. The molecular formula is C32H67BrN2O3. The Balaban J connectivity index is 0. The summed E-state index contributed by atoms with van der Waals surface area (Å²) in [5, 5.41) is 0. The second-order valence-electron chi connectivity index (χ2n) is 11.8. The summed E-state index contributed by atoms with van der Waals surface area (Å²) in [4.78, 5) is 12.8. The van der Waals surface area contributed by atoms with Crippen molar-refractivity contribution in [3.63, 3.8) is 0 Å². The quantitative estimate of drug-likeness (QED) is 0.0655. The summed E-state index contributed by atoms with van der Waals surface area (Å²) in [7, 11) is 0. The van der Waals surface area contributed by atoms with Crippen molar-refractivity contribution in [1.29, 1.82) is 0 Å². The summed E-state index contributed by atoms with van der Waals surface area (Å²) in [6, 6.07) is 0. The first-order valence-electron chi connectivity index (χ1n) is 16.2. The zero-order chi connectivity index (χ0) is 27.7. The Morgan fingerprint density at radius 3 is 1.18 bits per heavy atom. The number of hydrogen-bond acceptors (Lipinski definition) is 4. The Kier molecular flexibility index (Phi) is 28.4. The standard InChI is InChI=1S/C32H66N2O3.BrH/c1-5-7-9-11-13-15-17-19-21-23-28-36-32(30(34)35,31(3,4)26-25-27-33)37-29-24-22-20-18-16-14-12-10-8-6-2;/h5-29,33H2,1-4H3,(H2,34,35);1H. The van der Waals surface area contributed by atoms with Crippen molar-refractivity contribution in [3.05, 3.63) is 0 Å². The summed E-state index contributed by atoms with van der Waals surface area (Å²) in [5.41, 5.74) is 11.2. The first-order chi connectivity index (χ1) is 17.9. The van der Waals surface area contributed by atoms with Crippen LogP contribution in [0.15, 0.2) is 0 Å². The molecule has 0 aromatic heterocycles. The molecular weight excluding hydrogens is 540 g/mol. The fraction of sp³-hybridized carbons (Fsp3) is 0.969. The summed E-state index contributed by atoms with van der Waals surface area (Å²) in [6.45, 7) is 10.2. The van der Waals surface area contributed by atoms with Gasteiger partial charge >= 0.3 is 0 Å². The minimum Gasteiger partial charge on any atom is -0.365 e. The smallest absolute Gasteiger partial charge is 0.278 e. The Bertz CT molecular complexity index is 491. The minimum atomic E-state index is -1.39. The van der Waals surface area contributed by atoms with E-state index in [1.54, 1.807) is 0 Å². The van der Waals surface area contributed by atoms with Gasteiger partial charge in [0.1, 0.15) is 0 Å². The number of halogens is 1. The van der Waals surface area contributed by atoms with Crippen molar-refractivity contribution in [2.75, 3.05) is 19.8 Å². The maximum Gasteiger partial charge on any atom is 0.278 e. The number of amides is 1. The van der Waals surface area contributed by atoms with Crippen LogP contribution in [0.25, 0.3) is 0 Å². The molecule has 38 heavy (non-hydrogen) atoms. The lowest BCUT2D eigenvalue weighted by atomic mass is 9.78. The Hall–Kier alpha value is -0.170.